The third kappa shape index (κ3) is 8.42. The zero-order valence-electron chi connectivity index (χ0n) is 24.2. The van der Waals surface area contributed by atoms with Crippen LogP contribution in [0, 0.1) is 5.41 Å². The normalized spacial score (nSPS) is 10.4. The number of benzene rings is 2. The number of Topliss-reactive ketones (excluding diaryl/α,β-unsaturated/α-hetero) is 1. The summed E-state index contributed by atoms with van der Waals surface area (Å²) in [5.74, 6) is -0.865. The number of nitrogens with zero attached hydrogens (tertiary/aromatic N) is 3. The second-order valence-electron chi connectivity index (χ2n) is 9.59. The molecule has 0 saturated carbocycles. The Morgan fingerprint density at radius 1 is 1.07 bits per heavy atom. The Hall–Kier alpha value is -5.23. The van der Waals surface area contributed by atoms with Crippen LogP contribution in [0.15, 0.2) is 73.1 Å². The molecule has 44 heavy (non-hydrogen) atoms. The van der Waals surface area contributed by atoms with Gasteiger partial charge in [0.25, 0.3) is 0 Å². The number of hydrogen-bond acceptors (Lipinski definition) is 8. The minimum atomic E-state index is -0.856. The van der Waals surface area contributed by atoms with Crippen LogP contribution in [0.2, 0.25) is 0 Å². The summed E-state index contributed by atoms with van der Waals surface area (Å²) in [6, 6.07) is 17.0. The number of carbonyl (C=O) groups excluding carboxylic acids is 4. The van der Waals surface area contributed by atoms with Gasteiger partial charge in [-0.3, -0.25) is 24.7 Å². The molecule has 0 aliphatic carbocycles. The van der Waals surface area contributed by atoms with Gasteiger partial charge in [0.15, 0.2) is 5.78 Å². The molecule has 4 N–H and O–H groups in total. The minimum Gasteiger partial charge on any atom is -0.465 e. The number of nitrogens with one attached hydrogen (secondary N) is 2. The van der Waals surface area contributed by atoms with E-state index in [0.29, 0.717) is 28.5 Å². The van der Waals surface area contributed by atoms with E-state index in [1.807, 2.05) is 12.1 Å². The van der Waals surface area contributed by atoms with E-state index in [0.717, 1.165) is 10.5 Å². The smallest absolute Gasteiger partial charge is 0.421 e. The molecule has 0 saturated heterocycles. The van der Waals surface area contributed by atoms with Crippen LogP contribution in [-0.4, -0.2) is 58.8 Å². The van der Waals surface area contributed by atoms with Crippen LogP contribution in [-0.2, 0) is 27.8 Å². The van der Waals surface area contributed by atoms with Crippen LogP contribution in [0.25, 0.3) is 10.9 Å². The summed E-state index contributed by atoms with van der Waals surface area (Å²) < 4.78 is 12.2. The number of fused-ring (bicyclic) bond motifs is 1. The van der Waals surface area contributed by atoms with Crippen molar-refractivity contribution in [2.24, 2.45) is 12.8 Å². The predicted octanol–water partition coefficient (Wildman–Crippen LogP) is 3.78. The molecule has 2 aromatic carbocycles. The number of amidine groups is 1. The maximum absolute atomic E-state index is 13.2. The highest BCUT2D eigenvalue weighted by Crippen LogP contribution is 2.27. The lowest BCUT2D eigenvalue weighted by molar-refractivity contribution is -0.143. The van der Waals surface area contributed by atoms with E-state index in [1.165, 1.54) is 6.20 Å². The standard InChI is InChI=1S/C31H32N6O6.ClH/c1-3-42-29(40)17-35-28(39)19-37(27-6-4-5-15-34-27)31(41)43-22-12-13-23-24(18-36(2)25(23)16-22)26(38)14-9-20-7-10-21(11-8-20)30(32)33;/h4-8,10-13,15-16,18H,3,9,14,17,19H2,1-2H3,(H3,32,33)(H,35,39);1H. The fourth-order valence-electron chi connectivity index (χ4n) is 4.38. The Kier molecular flexibility index (Phi) is 11.6. The van der Waals surface area contributed by atoms with Gasteiger partial charge >= 0.3 is 12.1 Å². The van der Waals surface area contributed by atoms with Crippen LogP contribution in [0.3, 0.4) is 0 Å². The summed E-state index contributed by atoms with van der Waals surface area (Å²) in [5.41, 5.74) is 8.31. The van der Waals surface area contributed by atoms with Gasteiger partial charge in [0, 0.05) is 48.4 Å². The monoisotopic (exact) mass is 620 g/mol. The molecule has 4 aromatic rings. The number of aromatic nitrogens is 2. The third-order valence-corrected chi connectivity index (χ3v) is 6.56. The van der Waals surface area contributed by atoms with Gasteiger partial charge in [-0.2, -0.15) is 0 Å². The average Bonchev–Trinajstić information content (AvgIpc) is 3.33. The molecule has 230 valence electrons. The first-order chi connectivity index (χ1) is 20.7. The first-order valence-electron chi connectivity index (χ1n) is 13.5. The summed E-state index contributed by atoms with van der Waals surface area (Å²) >= 11 is 0. The van der Waals surface area contributed by atoms with E-state index >= 15 is 0 Å². The van der Waals surface area contributed by atoms with Crippen molar-refractivity contribution >= 4 is 58.7 Å². The zero-order chi connectivity index (χ0) is 30.9. The number of anilines is 1. The highest BCUT2D eigenvalue weighted by atomic mass is 35.5. The lowest BCUT2D eigenvalue weighted by Crippen LogP contribution is -2.44. The molecule has 12 nitrogen and oxygen atoms in total. The van der Waals surface area contributed by atoms with Crippen LogP contribution in [0.1, 0.15) is 34.8 Å². The summed E-state index contributed by atoms with van der Waals surface area (Å²) in [5, 5.41) is 10.6. The molecule has 0 bridgehead atoms. The Bertz CT molecular complexity index is 1660. The fourth-order valence-corrected chi connectivity index (χ4v) is 4.38. The number of ketones is 1. The van der Waals surface area contributed by atoms with E-state index in [9.17, 15) is 19.2 Å². The molecule has 2 heterocycles. The minimum absolute atomic E-state index is 0. The molecule has 0 radical (unpaired) electrons. The van der Waals surface area contributed by atoms with Crippen molar-refractivity contribution < 1.29 is 28.7 Å². The van der Waals surface area contributed by atoms with Gasteiger partial charge in [-0.15, -0.1) is 12.4 Å². The van der Waals surface area contributed by atoms with Crippen molar-refractivity contribution in [1.29, 1.82) is 5.41 Å². The average molecular weight is 621 g/mol. The summed E-state index contributed by atoms with van der Waals surface area (Å²) in [7, 11) is 1.79. The third-order valence-electron chi connectivity index (χ3n) is 6.56. The number of rotatable bonds is 12. The summed E-state index contributed by atoms with van der Waals surface area (Å²) in [6.07, 6.45) is 3.17. The van der Waals surface area contributed by atoms with Gasteiger partial charge in [0.05, 0.1) is 12.1 Å². The molecule has 0 fully saturated rings. The van der Waals surface area contributed by atoms with Crippen molar-refractivity contribution in [1.82, 2.24) is 14.9 Å². The number of halogens is 1. The van der Waals surface area contributed by atoms with E-state index in [4.69, 9.17) is 20.6 Å². The molecule has 0 aliphatic rings. The zero-order valence-corrected chi connectivity index (χ0v) is 25.1. The van der Waals surface area contributed by atoms with Crippen LogP contribution in [0.4, 0.5) is 10.6 Å². The fraction of sp³-hybridized carbons (Fsp3) is 0.226. The molecule has 13 heteroatoms. The highest BCUT2D eigenvalue weighted by molar-refractivity contribution is 6.08. The second-order valence-corrected chi connectivity index (χ2v) is 9.59. The van der Waals surface area contributed by atoms with Crippen molar-refractivity contribution in [3.63, 3.8) is 0 Å². The van der Waals surface area contributed by atoms with E-state index in [2.05, 4.69) is 10.3 Å². The van der Waals surface area contributed by atoms with Crippen molar-refractivity contribution in [3.05, 3.63) is 89.7 Å². The van der Waals surface area contributed by atoms with Gasteiger partial charge < -0.3 is 25.1 Å². The molecule has 0 unspecified atom stereocenters. The maximum Gasteiger partial charge on any atom is 0.421 e. The quantitative estimate of drug-likeness (QED) is 0.0930. The van der Waals surface area contributed by atoms with E-state index in [-0.39, 0.29) is 55.2 Å². The molecule has 0 aliphatic heterocycles. The van der Waals surface area contributed by atoms with Gasteiger partial charge in [-0.05, 0) is 43.2 Å². The molecular weight excluding hydrogens is 588 g/mol. The molecule has 2 aromatic heterocycles. The van der Waals surface area contributed by atoms with Crippen molar-refractivity contribution in [2.45, 2.75) is 19.8 Å². The number of ether oxygens (including phenoxy) is 2. The lowest BCUT2D eigenvalue weighted by atomic mass is 10.0. The number of nitrogen functional groups attached to an aromatic ring is 1. The lowest BCUT2D eigenvalue weighted by Gasteiger charge is -2.20. The Morgan fingerprint density at radius 3 is 2.48 bits per heavy atom. The van der Waals surface area contributed by atoms with Gasteiger partial charge in [0.2, 0.25) is 5.91 Å². The number of pyridine rings is 1. The Labute approximate surface area is 260 Å². The predicted molar refractivity (Wildman–Crippen MR) is 168 cm³/mol. The largest absolute Gasteiger partial charge is 0.465 e. The Morgan fingerprint density at radius 2 is 1.82 bits per heavy atom. The number of aryl methyl sites for hydroxylation is 2. The number of esters is 1. The SMILES string of the molecule is CCOC(=O)CNC(=O)CN(C(=O)Oc1ccc2c(C(=O)CCc3ccc(C(=N)N)cc3)cn(C)c2c1)c1ccccn1.Cl. The number of nitrogens with two attached hydrogens (primary N) is 1. The molecule has 0 spiro atoms. The number of carbonyl (C=O) groups is 4. The van der Waals surface area contributed by atoms with Crippen molar-refractivity contribution in [3.8, 4) is 5.75 Å². The van der Waals surface area contributed by atoms with Gasteiger partial charge in [-0.1, -0.05) is 30.3 Å². The van der Waals surface area contributed by atoms with Crippen LogP contribution < -0.4 is 20.7 Å². The molecule has 2 amide bonds. The van der Waals surface area contributed by atoms with Gasteiger partial charge in [-0.25, -0.2) is 9.78 Å². The number of amides is 2. The summed E-state index contributed by atoms with van der Waals surface area (Å²) in [6.45, 7) is 1.05. The van der Waals surface area contributed by atoms with E-state index < -0.39 is 24.5 Å². The second kappa shape index (κ2) is 15.3. The van der Waals surface area contributed by atoms with E-state index in [1.54, 1.807) is 73.3 Å². The summed E-state index contributed by atoms with van der Waals surface area (Å²) in [4.78, 5) is 55.7. The van der Waals surface area contributed by atoms with Crippen LogP contribution >= 0.6 is 12.4 Å². The van der Waals surface area contributed by atoms with Gasteiger partial charge in [0.1, 0.15) is 30.5 Å². The molecular formula is C31H33ClN6O6. The first kappa shape index (κ1) is 33.3. The highest BCUT2D eigenvalue weighted by Gasteiger charge is 2.23. The van der Waals surface area contributed by atoms with Crippen molar-refractivity contribution in [2.75, 3.05) is 24.6 Å². The Balaban J connectivity index is 0.00000529. The molecule has 4 rings (SSSR count). The number of hydrogen-bond donors (Lipinski definition) is 3. The first-order valence-corrected chi connectivity index (χ1v) is 13.5. The molecule has 0 atom stereocenters. The maximum atomic E-state index is 13.2. The topological polar surface area (TPSA) is 170 Å². The van der Waals surface area contributed by atoms with Crippen LogP contribution in [0.5, 0.6) is 5.75 Å².